The van der Waals surface area contributed by atoms with Gasteiger partial charge in [-0.3, -0.25) is 4.79 Å². The van der Waals surface area contributed by atoms with Crippen molar-refractivity contribution in [3.8, 4) is 0 Å². The van der Waals surface area contributed by atoms with E-state index in [1.54, 1.807) is 17.6 Å². The summed E-state index contributed by atoms with van der Waals surface area (Å²) in [6.07, 6.45) is 1.45. The third-order valence-electron chi connectivity index (χ3n) is 3.33. The van der Waals surface area contributed by atoms with Crippen molar-refractivity contribution in [2.24, 2.45) is 0 Å². The molecule has 2 heterocycles. The number of aliphatic hydroxyl groups excluding tert-OH is 1. The molecule has 0 bridgehead atoms. The summed E-state index contributed by atoms with van der Waals surface area (Å²) >= 11 is 1.20. The van der Waals surface area contributed by atoms with E-state index in [0.29, 0.717) is 33.6 Å². The highest BCUT2D eigenvalue weighted by Crippen LogP contribution is 2.25. The SMILES string of the molecule is CC[C@H](O)c1csc(C(=O)c2c[nH]c3cc(F)ccc23)n1. The first-order valence-electron chi connectivity index (χ1n) is 6.55. The molecule has 108 valence electrons. The zero-order valence-corrected chi connectivity index (χ0v) is 12.1. The maximum atomic E-state index is 13.2. The van der Waals surface area contributed by atoms with Crippen LogP contribution in [0, 0.1) is 5.82 Å². The van der Waals surface area contributed by atoms with Crippen molar-refractivity contribution >= 4 is 28.0 Å². The van der Waals surface area contributed by atoms with E-state index in [1.165, 1.54) is 23.5 Å². The first kappa shape index (κ1) is 13.9. The van der Waals surface area contributed by atoms with Crippen molar-refractivity contribution in [1.82, 2.24) is 9.97 Å². The van der Waals surface area contributed by atoms with Gasteiger partial charge in [-0.25, -0.2) is 9.37 Å². The predicted octanol–water partition coefficient (Wildman–Crippen LogP) is 3.44. The highest BCUT2D eigenvalue weighted by atomic mass is 32.1. The second-order valence-electron chi connectivity index (χ2n) is 4.72. The molecule has 21 heavy (non-hydrogen) atoms. The molecule has 4 nitrogen and oxygen atoms in total. The molecule has 1 aromatic carbocycles. The van der Waals surface area contributed by atoms with Gasteiger partial charge in [0.2, 0.25) is 5.78 Å². The molecular weight excluding hydrogens is 291 g/mol. The molecule has 0 spiro atoms. The Bertz CT molecular complexity index is 809. The predicted molar refractivity (Wildman–Crippen MR) is 79.1 cm³/mol. The number of fused-ring (bicyclic) bond motifs is 1. The highest BCUT2D eigenvalue weighted by molar-refractivity contribution is 7.12. The lowest BCUT2D eigenvalue weighted by molar-refractivity contribution is 0.103. The van der Waals surface area contributed by atoms with Gasteiger partial charge in [-0.15, -0.1) is 11.3 Å². The fourth-order valence-electron chi connectivity index (χ4n) is 2.15. The number of nitrogens with one attached hydrogen (secondary N) is 1. The molecule has 3 rings (SSSR count). The first-order chi connectivity index (χ1) is 10.1. The van der Waals surface area contributed by atoms with E-state index in [1.807, 2.05) is 6.92 Å². The Morgan fingerprint density at radius 2 is 2.33 bits per heavy atom. The molecule has 2 aromatic heterocycles. The minimum atomic E-state index is -0.653. The number of carbonyl (C=O) groups excluding carboxylic acids is 1. The van der Waals surface area contributed by atoms with Crippen LogP contribution in [0.15, 0.2) is 29.8 Å². The molecule has 0 radical (unpaired) electrons. The molecule has 0 fully saturated rings. The highest BCUT2D eigenvalue weighted by Gasteiger charge is 2.19. The summed E-state index contributed by atoms with van der Waals surface area (Å²) in [6, 6.07) is 4.24. The van der Waals surface area contributed by atoms with E-state index in [9.17, 15) is 14.3 Å². The van der Waals surface area contributed by atoms with E-state index in [4.69, 9.17) is 0 Å². The van der Waals surface area contributed by atoms with Crippen LogP contribution in [0.5, 0.6) is 0 Å². The van der Waals surface area contributed by atoms with Gasteiger partial charge >= 0.3 is 0 Å². The number of aromatic nitrogens is 2. The van der Waals surface area contributed by atoms with Gasteiger partial charge in [0.15, 0.2) is 5.01 Å². The van der Waals surface area contributed by atoms with Crippen LogP contribution in [-0.4, -0.2) is 20.9 Å². The number of aromatic amines is 1. The lowest BCUT2D eigenvalue weighted by atomic mass is 10.1. The number of thiazole rings is 1. The van der Waals surface area contributed by atoms with Crippen LogP contribution in [0.4, 0.5) is 4.39 Å². The molecule has 0 amide bonds. The molecule has 2 N–H and O–H groups in total. The molecule has 0 saturated carbocycles. The number of H-pyrrole nitrogens is 1. The van der Waals surface area contributed by atoms with Gasteiger partial charge in [0.1, 0.15) is 5.82 Å². The average molecular weight is 304 g/mol. The zero-order chi connectivity index (χ0) is 15.0. The molecule has 6 heteroatoms. The fraction of sp³-hybridized carbons (Fsp3) is 0.200. The lowest BCUT2D eigenvalue weighted by Crippen LogP contribution is -2.02. The Morgan fingerprint density at radius 1 is 1.52 bits per heavy atom. The smallest absolute Gasteiger partial charge is 0.223 e. The Kier molecular flexibility index (Phi) is 3.57. The van der Waals surface area contributed by atoms with Crippen LogP contribution in [0.3, 0.4) is 0 Å². The summed E-state index contributed by atoms with van der Waals surface area (Å²) in [7, 11) is 0. The number of aliphatic hydroxyl groups is 1. The van der Waals surface area contributed by atoms with Gasteiger partial charge < -0.3 is 10.1 Å². The van der Waals surface area contributed by atoms with E-state index in [-0.39, 0.29) is 11.6 Å². The van der Waals surface area contributed by atoms with Crippen molar-refractivity contribution in [2.75, 3.05) is 0 Å². The van der Waals surface area contributed by atoms with Crippen LogP contribution >= 0.6 is 11.3 Å². The van der Waals surface area contributed by atoms with E-state index in [2.05, 4.69) is 9.97 Å². The quantitative estimate of drug-likeness (QED) is 0.726. The largest absolute Gasteiger partial charge is 0.387 e. The van der Waals surface area contributed by atoms with Crippen molar-refractivity contribution < 1.29 is 14.3 Å². The van der Waals surface area contributed by atoms with Gasteiger partial charge in [-0.05, 0) is 24.6 Å². The third-order valence-corrected chi connectivity index (χ3v) is 4.19. The Hall–Kier alpha value is -2.05. The maximum Gasteiger partial charge on any atom is 0.223 e. The van der Waals surface area contributed by atoms with Gasteiger partial charge in [-0.2, -0.15) is 0 Å². The van der Waals surface area contributed by atoms with Crippen LogP contribution in [0.25, 0.3) is 10.9 Å². The normalized spacial score (nSPS) is 12.7. The third kappa shape index (κ3) is 2.48. The summed E-state index contributed by atoms with van der Waals surface area (Å²) in [5, 5.41) is 12.4. The number of rotatable bonds is 4. The van der Waals surface area contributed by atoms with Crippen LogP contribution in [-0.2, 0) is 0 Å². The summed E-state index contributed by atoms with van der Waals surface area (Å²) in [5.41, 5.74) is 1.54. The van der Waals surface area contributed by atoms with Gasteiger partial charge in [0, 0.05) is 22.5 Å². The summed E-state index contributed by atoms with van der Waals surface area (Å²) in [5.74, 6) is -0.585. The number of ketones is 1. The molecule has 1 atom stereocenters. The molecule has 0 unspecified atom stereocenters. The molecule has 0 aliphatic rings. The molecule has 0 saturated heterocycles. The average Bonchev–Trinajstić information content (AvgIpc) is 3.12. The molecule has 3 aromatic rings. The van der Waals surface area contributed by atoms with Crippen LogP contribution < -0.4 is 0 Å². The lowest BCUT2D eigenvalue weighted by Gasteiger charge is -2.01. The second-order valence-corrected chi connectivity index (χ2v) is 5.58. The number of benzene rings is 1. The Labute approximate surface area is 124 Å². The first-order valence-corrected chi connectivity index (χ1v) is 7.43. The number of hydrogen-bond donors (Lipinski definition) is 2. The molecule has 0 aliphatic heterocycles. The van der Waals surface area contributed by atoms with Gasteiger partial charge in [0.25, 0.3) is 0 Å². The van der Waals surface area contributed by atoms with Crippen molar-refractivity contribution in [3.63, 3.8) is 0 Å². The van der Waals surface area contributed by atoms with Crippen molar-refractivity contribution in [3.05, 3.63) is 51.9 Å². The van der Waals surface area contributed by atoms with Crippen LogP contribution in [0.2, 0.25) is 0 Å². The zero-order valence-electron chi connectivity index (χ0n) is 11.3. The monoisotopic (exact) mass is 304 g/mol. The van der Waals surface area contributed by atoms with Gasteiger partial charge in [-0.1, -0.05) is 6.92 Å². The van der Waals surface area contributed by atoms with E-state index < -0.39 is 6.10 Å². The standard InChI is InChI=1S/C15H13FN2O2S/c1-2-13(19)12-7-21-15(18-12)14(20)10-6-17-11-5-8(16)3-4-9(10)11/h3-7,13,17,19H,2H2,1H3/t13-/m0/s1. The van der Waals surface area contributed by atoms with E-state index in [0.717, 1.165) is 0 Å². The minimum absolute atomic E-state index is 0.229. The molecular formula is C15H13FN2O2S. The van der Waals surface area contributed by atoms with E-state index >= 15 is 0 Å². The topological polar surface area (TPSA) is 66.0 Å². The number of halogens is 1. The number of nitrogens with zero attached hydrogens (tertiary/aromatic N) is 1. The van der Waals surface area contributed by atoms with Crippen molar-refractivity contribution in [2.45, 2.75) is 19.4 Å². The van der Waals surface area contributed by atoms with Crippen LogP contribution in [0.1, 0.15) is 40.5 Å². The summed E-state index contributed by atoms with van der Waals surface area (Å²) in [4.78, 5) is 19.6. The summed E-state index contributed by atoms with van der Waals surface area (Å²) in [6.45, 7) is 1.85. The number of carbonyl (C=O) groups is 1. The fourth-order valence-corrected chi connectivity index (χ4v) is 2.97. The Balaban J connectivity index is 1.98. The summed E-state index contributed by atoms with van der Waals surface area (Å²) < 4.78 is 13.2. The second kappa shape index (κ2) is 5.38. The molecule has 0 aliphatic carbocycles. The maximum absolute atomic E-state index is 13.2. The minimum Gasteiger partial charge on any atom is -0.387 e. The Morgan fingerprint density at radius 3 is 3.10 bits per heavy atom. The van der Waals surface area contributed by atoms with Gasteiger partial charge in [0.05, 0.1) is 17.4 Å². The van der Waals surface area contributed by atoms with Crippen molar-refractivity contribution in [1.29, 1.82) is 0 Å². The number of hydrogen-bond acceptors (Lipinski definition) is 4.